The van der Waals surface area contributed by atoms with Crippen LogP contribution in [0, 0.1) is 6.92 Å². The fourth-order valence-corrected chi connectivity index (χ4v) is 2.89. The SMILES string of the molecule is CCOC(=O)c1cnc(-c2cccc(C)c2)nc1Nc1nc(SCC)n[nH]1. The molecule has 0 spiro atoms. The maximum absolute atomic E-state index is 12.3. The number of aryl methyl sites for hydroxylation is 1. The van der Waals surface area contributed by atoms with E-state index in [4.69, 9.17) is 4.74 Å². The molecule has 2 aromatic heterocycles. The molecule has 8 nitrogen and oxygen atoms in total. The van der Waals surface area contributed by atoms with Gasteiger partial charge in [-0.2, -0.15) is 4.98 Å². The van der Waals surface area contributed by atoms with E-state index in [9.17, 15) is 4.79 Å². The van der Waals surface area contributed by atoms with Crippen molar-refractivity contribution in [1.29, 1.82) is 0 Å². The summed E-state index contributed by atoms with van der Waals surface area (Å²) in [5, 5.41) is 10.5. The molecule has 1 aromatic carbocycles. The summed E-state index contributed by atoms with van der Waals surface area (Å²) < 4.78 is 5.11. The molecule has 0 bridgehead atoms. The van der Waals surface area contributed by atoms with Gasteiger partial charge in [0, 0.05) is 11.8 Å². The second-order valence-electron chi connectivity index (χ2n) is 5.57. The van der Waals surface area contributed by atoms with E-state index in [2.05, 4.69) is 30.5 Å². The first-order valence-electron chi connectivity index (χ1n) is 8.54. The summed E-state index contributed by atoms with van der Waals surface area (Å²) in [6, 6.07) is 7.83. The summed E-state index contributed by atoms with van der Waals surface area (Å²) in [4.78, 5) is 25.5. The number of nitrogens with one attached hydrogen (secondary N) is 2. The zero-order valence-electron chi connectivity index (χ0n) is 15.3. The van der Waals surface area contributed by atoms with Gasteiger partial charge in [-0.1, -0.05) is 42.4 Å². The maximum Gasteiger partial charge on any atom is 0.343 e. The Hall–Kier alpha value is -2.94. The normalized spacial score (nSPS) is 10.6. The fraction of sp³-hybridized carbons (Fsp3) is 0.278. The third kappa shape index (κ3) is 4.62. The van der Waals surface area contributed by atoms with Crippen LogP contribution in [-0.2, 0) is 4.74 Å². The number of aromatic amines is 1. The number of hydrogen-bond donors (Lipinski definition) is 2. The van der Waals surface area contributed by atoms with Crippen molar-refractivity contribution in [2.24, 2.45) is 0 Å². The van der Waals surface area contributed by atoms with Gasteiger partial charge in [0.2, 0.25) is 11.1 Å². The van der Waals surface area contributed by atoms with Gasteiger partial charge in [0.25, 0.3) is 0 Å². The van der Waals surface area contributed by atoms with Crippen molar-refractivity contribution in [3.05, 3.63) is 41.6 Å². The molecule has 0 aliphatic heterocycles. The Balaban J connectivity index is 1.98. The lowest BCUT2D eigenvalue weighted by atomic mass is 10.1. The lowest BCUT2D eigenvalue weighted by Crippen LogP contribution is -2.11. The molecule has 3 aromatic rings. The fourth-order valence-electron chi connectivity index (χ4n) is 2.37. The summed E-state index contributed by atoms with van der Waals surface area (Å²) in [6.07, 6.45) is 1.46. The minimum absolute atomic E-state index is 0.231. The summed E-state index contributed by atoms with van der Waals surface area (Å²) in [5.74, 6) is 1.56. The van der Waals surface area contributed by atoms with E-state index in [1.165, 1.54) is 18.0 Å². The highest BCUT2D eigenvalue weighted by Gasteiger charge is 2.18. The van der Waals surface area contributed by atoms with Crippen LogP contribution in [0.3, 0.4) is 0 Å². The van der Waals surface area contributed by atoms with E-state index in [0.29, 0.717) is 22.7 Å². The van der Waals surface area contributed by atoms with Crippen molar-refractivity contribution in [1.82, 2.24) is 25.1 Å². The van der Waals surface area contributed by atoms with E-state index in [1.807, 2.05) is 38.1 Å². The number of carbonyl (C=O) groups is 1. The van der Waals surface area contributed by atoms with Crippen molar-refractivity contribution in [2.45, 2.75) is 25.9 Å². The summed E-state index contributed by atoms with van der Waals surface area (Å²) in [5.41, 5.74) is 2.18. The average Bonchev–Trinajstić information content (AvgIpc) is 3.09. The largest absolute Gasteiger partial charge is 0.462 e. The Labute approximate surface area is 161 Å². The average molecular weight is 384 g/mol. The molecule has 0 atom stereocenters. The molecule has 27 heavy (non-hydrogen) atoms. The number of benzene rings is 1. The number of ether oxygens (including phenoxy) is 1. The van der Waals surface area contributed by atoms with Crippen LogP contribution in [0.15, 0.2) is 35.6 Å². The highest BCUT2D eigenvalue weighted by molar-refractivity contribution is 7.99. The topological polar surface area (TPSA) is 106 Å². The van der Waals surface area contributed by atoms with Crippen molar-refractivity contribution in [2.75, 3.05) is 17.7 Å². The van der Waals surface area contributed by atoms with Crippen LogP contribution in [-0.4, -0.2) is 43.5 Å². The zero-order valence-corrected chi connectivity index (χ0v) is 16.1. The van der Waals surface area contributed by atoms with Crippen molar-refractivity contribution >= 4 is 29.5 Å². The first-order chi connectivity index (χ1) is 13.1. The summed E-state index contributed by atoms with van der Waals surface area (Å²) in [7, 11) is 0. The molecule has 0 saturated carbocycles. The molecule has 0 aliphatic carbocycles. The number of aromatic nitrogens is 5. The van der Waals surface area contributed by atoms with E-state index < -0.39 is 5.97 Å². The molecule has 2 heterocycles. The predicted octanol–water partition coefficient (Wildman–Crippen LogP) is 3.60. The van der Waals surface area contributed by atoms with Crippen LogP contribution in [0.5, 0.6) is 0 Å². The molecule has 2 N–H and O–H groups in total. The van der Waals surface area contributed by atoms with Gasteiger partial charge in [0.15, 0.2) is 11.6 Å². The van der Waals surface area contributed by atoms with Gasteiger partial charge in [0.05, 0.1) is 6.61 Å². The van der Waals surface area contributed by atoms with Crippen LogP contribution >= 0.6 is 11.8 Å². The van der Waals surface area contributed by atoms with Gasteiger partial charge in [-0.05, 0) is 25.7 Å². The van der Waals surface area contributed by atoms with Gasteiger partial charge >= 0.3 is 5.97 Å². The molecule has 0 saturated heterocycles. The number of hydrogen-bond acceptors (Lipinski definition) is 8. The molecule has 3 rings (SSSR count). The first-order valence-corrected chi connectivity index (χ1v) is 9.52. The minimum Gasteiger partial charge on any atom is -0.462 e. The third-order valence-corrected chi connectivity index (χ3v) is 4.26. The molecule has 140 valence electrons. The number of esters is 1. The van der Waals surface area contributed by atoms with Crippen LogP contribution in [0.4, 0.5) is 11.8 Å². The Bertz CT molecular complexity index is 943. The van der Waals surface area contributed by atoms with E-state index in [1.54, 1.807) is 6.92 Å². The number of H-pyrrole nitrogens is 1. The number of thioether (sulfide) groups is 1. The molecular weight excluding hydrogens is 364 g/mol. The monoisotopic (exact) mass is 384 g/mol. The highest BCUT2D eigenvalue weighted by Crippen LogP contribution is 2.23. The Morgan fingerprint density at radius 2 is 2.15 bits per heavy atom. The van der Waals surface area contributed by atoms with Crippen molar-refractivity contribution < 1.29 is 9.53 Å². The molecule has 0 amide bonds. The molecule has 9 heteroatoms. The van der Waals surface area contributed by atoms with Crippen LogP contribution in [0.2, 0.25) is 0 Å². The van der Waals surface area contributed by atoms with Crippen LogP contribution < -0.4 is 5.32 Å². The van der Waals surface area contributed by atoms with Crippen LogP contribution in [0.1, 0.15) is 29.8 Å². The quantitative estimate of drug-likeness (QED) is 0.470. The van der Waals surface area contributed by atoms with E-state index in [0.717, 1.165) is 16.9 Å². The van der Waals surface area contributed by atoms with Gasteiger partial charge in [-0.15, -0.1) is 5.10 Å². The molecule has 0 unspecified atom stereocenters. The zero-order chi connectivity index (χ0) is 19.2. The standard InChI is InChI=1S/C18H20N6O2S/c1-4-26-16(25)13-10-19-14(12-8-6-7-11(3)9-12)20-15(13)21-17-22-18(24-23-17)27-5-2/h6-10H,4-5H2,1-3H3,(H2,19,20,21,22,23,24). The van der Waals surface area contributed by atoms with Gasteiger partial charge < -0.3 is 10.1 Å². The lowest BCUT2D eigenvalue weighted by molar-refractivity contribution is 0.0526. The van der Waals surface area contributed by atoms with Crippen LogP contribution in [0.25, 0.3) is 11.4 Å². The Kier molecular flexibility index (Phi) is 6.02. The van der Waals surface area contributed by atoms with Crippen molar-refractivity contribution in [3.63, 3.8) is 0 Å². The number of anilines is 2. The van der Waals surface area contributed by atoms with Gasteiger partial charge in [-0.3, -0.25) is 0 Å². The number of carbonyl (C=O) groups excluding carboxylic acids is 1. The van der Waals surface area contributed by atoms with E-state index >= 15 is 0 Å². The third-order valence-electron chi connectivity index (χ3n) is 3.54. The maximum atomic E-state index is 12.3. The summed E-state index contributed by atoms with van der Waals surface area (Å²) >= 11 is 1.51. The predicted molar refractivity (Wildman–Crippen MR) is 104 cm³/mol. The Morgan fingerprint density at radius 1 is 1.30 bits per heavy atom. The van der Waals surface area contributed by atoms with Crippen molar-refractivity contribution in [3.8, 4) is 11.4 Å². The molecule has 0 fully saturated rings. The second kappa shape index (κ2) is 8.63. The lowest BCUT2D eigenvalue weighted by Gasteiger charge is -2.10. The van der Waals surface area contributed by atoms with Gasteiger partial charge in [0.1, 0.15) is 5.56 Å². The molecule has 0 radical (unpaired) electrons. The second-order valence-corrected chi connectivity index (χ2v) is 6.80. The molecular formula is C18H20N6O2S. The molecule has 0 aliphatic rings. The smallest absolute Gasteiger partial charge is 0.343 e. The number of rotatable bonds is 7. The first kappa shape index (κ1) is 18.8. The Morgan fingerprint density at radius 3 is 2.89 bits per heavy atom. The highest BCUT2D eigenvalue weighted by atomic mass is 32.2. The minimum atomic E-state index is -0.501. The van der Waals surface area contributed by atoms with Gasteiger partial charge in [-0.25, -0.2) is 19.9 Å². The summed E-state index contributed by atoms with van der Waals surface area (Å²) in [6.45, 7) is 6.03. The van der Waals surface area contributed by atoms with E-state index in [-0.39, 0.29) is 12.2 Å². The number of nitrogens with zero attached hydrogens (tertiary/aromatic N) is 4.